The first kappa shape index (κ1) is 30.7. The number of hydrogen-bond acceptors (Lipinski definition) is 6. The van der Waals surface area contributed by atoms with Crippen molar-refractivity contribution in [2.24, 2.45) is 5.92 Å². The third kappa shape index (κ3) is 12.9. The molecule has 2 aromatic carbocycles. The first-order chi connectivity index (χ1) is 17.4. The highest BCUT2D eigenvalue weighted by molar-refractivity contribution is 5.78. The van der Waals surface area contributed by atoms with Crippen LogP contribution in [0, 0.1) is 5.92 Å². The molecule has 6 nitrogen and oxygen atoms in total. The molecule has 0 bridgehead atoms. The second-order valence-corrected chi connectivity index (χ2v) is 8.20. The summed E-state index contributed by atoms with van der Waals surface area (Å²) in [7, 11) is 1.20. The molecule has 0 heterocycles. The molecule has 0 amide bonds. The molecule has 0 saturated heterocycles. The van der Waals surface area contributed by atoms with Gasteiger partial charge in [0.05, 0.1) is 20.3 Å². The summed E-state index contributed by atoms with van der Waals surface area (Å²) >= 11 is 0. The second kappa shape index (κ2) is 18.9. The summed E-state index contributed by atoms with van der Waals surface area (Å²) < 4.78 is 20.6. The van der Waals surface area contributed by atoms with Crippen LogP contribution in [0.15, 0.2) is 79.4 Å². The third-order valence-corrected chi connectivity index (χ3v) is 4.96. The molecule has 0 aliphatic heterocycles. The molecule has 2 rings (SSSR count). The molecular weight excluding hydrogens is 456 g/mol. The zero-order valence-corrected chi connectivity index (χ0v) is 22.0. The van der Waals surface area contributed by atoms with Crippen LogP contribution < -0.4 is 0 Å². The highest BCUT2D eigenvalue weighted by atomic mass is 16.7. The first-order valence-corrected chi connectivity index (χ1v) is 12.3. The van der Waals surface area contributed by atoms with Crippen molar-refractivity contribution >= 4 is 12.1 Å². The Morgan fingerprint density at radius 3 is 2.28 bits per heavy atom. The maximum absolute atomic E-state index is 12.6. The lowest BCUT2D eigenvalue weighted by Crippen LogP contribution is -2.32. The lowest BCUT2D eigenvalue weighted by molar-refractivity contribution is -0.155. The Kier molecular flexibility index (Phi) is 16.1. The fourth-order valence-corrected chi connectivity index (χ4v) is 3.06. The molecular formula is C30H40O6. The summed E-state index contributed by atoms with van der Waals surface area (Å²) in [5.41, 5.74) is 3.01. The zero-order valence-electron chi connectivity index (χ0n) is 22.0. The van der Waals surface area contributed by atoms with Gasteiger partial charge in [0, 0.05) is 18.9 Å². The van der Waals surface area contributed by atoms with Crippen LogP contribution in [0.4, 0.5) is 4.79 Å². The number of hydrogen-bond donors (Lipinski definition) is 0. The Morgan fingerprint density at radius 2 is 1.67 bits per heavy atom. The molecule has 0 aromatic heterocycles. The van der Waals surface area contributed by atoms with E-state index < -0.39 is 18.2 Å². The maximum atomic E-state index is 12.6. The van der Waals surface area contributed by atoms with Gasteiger partial charge in [-0.1, -0.05) is 93.1 Å². The average molecular weight is 497 g/mol. The van der Waals surface area contributed by atoms with Crippen LogP contribution >= 0.6 is 0 Å². The normalized spacial score (nSPS) is 12.1. The summed E-state index contributed by atoms with van der Waals surface area (Å²) in [6.45, 7) is 10.8. The second-order valence-electron chi connectivity index (χ2n) is 8.20. The average Bonchev–Trinajstić information content (AvgIpc) is 2.90. The van der Waals surface area contributed by atoms with Crippen molar-refractivity contribution in [3.63, 3.8) is 0 Å². The summed E-state index contributed by atoms with van der Waals surface area (Å²) in [5, 5.41) is 0. The van der Waals surface area contributed by atoms with Crippen LogP contribution in [-0.2, 0) is 30.2 Å². The minimum Gasteiger partial charge on any atom is -0.462 e. The van der Waals surface area contributed by atoms with Gasteiger partial charge in [-0.05, 0) is 30.0 Å². The van der Waals surface area contributed by atoms with Crippen molar-refractivity contribution in [2.75, 3.05) is 26.9 Å². The first-order valence-electron chi connectivity index (χ1n) is 12.3. The van der Waals surface area contributed by atoms with E-state index in [9.17, 15) is 9.59 Å². The number of unbranched alkanes of at least 4 members (excludes halogenated alkanes) is 1. The predicted octanol–water partition coefficient (Wildman–Crippen LogP) is 6.79. The van der Waals surface area contributed by atoms with Gasteiger partial charge in [-0.2, -0.15) is 0 Å². The lowest BCUT2D eigenvalue weighted by Gasteiger charge is -2.17. The SMILES string of the molecule is C=CC.CCCCOC/C=C\C(C)COC(=O)C(Cc1ccc(-c2ccccc2)cc1)OC(=O)OC. The molecule has 36 heavy (non-hydrogen) atoms. The van der Waals surface area contributed by atoms with Crippen LogP contribution in [0.1, 0.15) is 39.2 Å². The molecule has 0 fully saturated rings. The van der Waals surface area contributed by atoms with Gasteiger partial charge in [-0.15, -0.1) is 6.58 Å². The molecule has 0 aliphatic rings. The van der Waals surface area contributed by atoms with Crippen molar-refractivity contribution in [1.29, 1.82) is 0 Å². The molecule has 196 valence electrons. The van der Waals surface area contributed by atoms with Gasteiger partial charge in [0.15, 0.2) is 0 Å². The molecule has 0 spiro atoms. The van der Waals surface area contributed by atoms with E-state index in [0.717, 1.165) is 36.1 Å². The van der Waals surface area contributed by atoms with E-state index in [0.29, 0.717) is 6.61 Å². The third-order valence-electron chi connectivity index (χ3n) is 4.96. The Morgan fingerprint density at radius 1 is 1.03 bits per heavy atom. The van der Waals surface area contributed by atoms with Gasteiger partial charge in [-0.25, -0.2) is 9.59 Å². The standard InChI is InChI=1S/C27H34O6.C3H6/c1-4-5-17-31-18-9-10-21(2)20-32-26(28)25(33-27(29)30-3)19-22-13-15-24(16-14-22)23-11-7-6-8-12-23;1-3-2/h6-16,21,25H,4-5,17-20H2,1-3H3;3H,1H2,2H3/b10-9-;. The summed E-state index contributed by atoms with van der Waals surface area (Å²) in [4.78, 5) is 24.3. The quantitative estimate of drug-likeness (QED) is 0.173. The minimum absolute atomic E-state index is 0.00709. The monoisotopic (exact) mass is 496 g/mol. The van der Waals surface area contributed by atoms with E-state index in [-0.39, 0.29) is 18.9 Å². The highest BCUT2D eigenvalue weighted by Crippen LogP contribution is 2.20. The molecule has 0 N–H and O–H groups in total. The predicted molar refractivity (Wildman–Crippen MR) is 144 cm³/mol. The van der Waals surface area contributed by atoms with E-state index >= 15 is 0 Å². The van der Waals surface area contributed by atoms with Crippen molar-refractivity contribution in [3.8, 4) is 11.1 Å². The van der Waals surface area contributed by atoms with Crippen LogP contribution in [0.5, 0.6) is 0 Å². The lowest BCUT2D eigenvalue weighted by atomic mass is 10.0. The number of methoxy groups -OCH3 is 1. The van der Waals surface area contributed by atoms with Gasteiger partial charge in [0.2, 0.25) is 6.10 Å². The molecule has 0 saturated carbocycles. The number of allylic oxidation sites excluding steroid dienone is 1. The Hall–Kier alpha value is -3.38. The van der Waals surface area contributed by atoms with E-state index in [1.54, 1.807) is 6.08 Å². The fraction of sp³-hybridized carbons (Fsp3) is 0.400. The van der Waals surface area contributed by atoms with Gasteiger partial charge in [0.1, 0.15) is 0 Å². The van der Waals surface area contributed by atoms with Gasteiger partial charge in [-0.3, -0.25) is 0 Å². The van der Waals surface area contributed by atoms with Crippen molar-refractivity contribution < 1.29 is 28.5 Å². The van der Waals surface area contributed by atoms with E-state index in [2.05, 4.69) is 18.2 Å². The Labute approximate surface area is 215 Å². The van der Waals surface area contributed by atoms with Gasteiger partial charge in [0.25, 0.3) is 0 Å². The Bertz CT molecular complexity index is 905. The van der Waals surface area contributed by atoms with E-state index in [1.807, 2.05) is 80.6 Å². The van der Waals surface area contributed by atoms with Gasteiger partial charge < -0.3 is 18.9 Å². The molecule has 0 radical (unpaired) electrons. The van der Waals surface area contributed by atoms with E-state index in [1.165, 1.54) is 7.11 Å². The molecule has 0 aliphatic carbocycles. The summed E-state index contributed by atoms with van der Waals surface area (Å²) in [6.07, 6.45) is 5.93. The molecule has 2 unspecified atom stereocenters. The van der Waals surface area contributed by atoms with Crippen molar-refractivity contribution in [1.82, 2.24) is 0 Å². The summed E-state index contributed by atoms with van der Waals surface area (Å²) in [6, 6.07) is 17.8. The fourth-order valence-electron chi connectivity index (χ4n) is 3.06. The number of ether oxygens (including phenoxy) is 4. The maximum Gasteiger partial charge on any atom is 0.508 e. The van der Waals surface area contributed by atoms with Gasteiger partial charge >= 0.3 is 12.1 Å². The van der Waals surface area contributed by atoms with Crippen molar-refractivity contribution in [2.45, 2.75) is 46.1 Å². The van der Waals surface area contributed by atoms with Crippen molar-refractivity contribution in [3.05, 3.63) is 85.0 Å². The van der Waals surface area contributed by atoms with E-state index in [4.69, 9.17) is 14.2 Å². The molecule has 6 heteroatoms. The van der Waals surface area contributed by atoms with Crippen LogP contribution in [0.2, 0.25) is 0 Å². The number of carbonyl (C=O) groups is 2. The summed E-state index contributed by atoms with van der Waals surface area (Å²) in [5.74, 6) is -0.598. The topological polar surface area (TPSA) is 71.1 Å². The number of esters is 1. The Balaban J connectivity index is 0.00000205. The minimum atomic E-state index is -1.09. The zero-order chi connectivity index (χ0) is 26.6. The van der Waals surface area contributed by atoms with Crippen LogP contribution in [0.25, 0.3) is 11.1 Å². The molecule has 2 atom stereocenters. The largest absolute Gasteiger partial charge is 0.508 e. The van der Waals surface area contributed by atoms with Crippen LogP contribution in [-0.4, -0.2) is 45.2 Å². The molecule has 2 aromatic rings. The number of rotatable bonds is 13. The highest BCUT2D eigenvalue weighted by Gasteiger charge is 2.26. The smallest absolute Gasteiger partial charge is 0.462 e. The number of carbonyl (C=O) groups excluding carboxylic acids is 2. The van der Waals surface area contributed by atoms with Crippen LogP contribution in [0.3, 0.4) is 0 Å². The number of benzene rings is 2.